The summed E-state index contributed by atoms with van der Waals surface area (Å²) in [6.07, 6.45) is -0.482. The maximum absolute atomic E-state index is 13.7. The van der Waals surface area contributed by atoms with Crippen molar-refractivity contribution in [2.24, 2.45) is 0 Å². The Hall–Kier alpha value is -1.76. The van der Waals surface area contributed by atoms with Gasteiger partial charge in [-0.1, -0.05) is 36.4 Å². The van der Waals surface area contributed by atoms with Gasteiger partial charge in [0.25, 0.3) is 0 Å². The zero-order chi connectivity index (χ0) is 15.0. The fourth-order valence-electron chi connectivity index (χ4n) is 2.61. The minimum absolute atomic E-state index is 0.376. The van der Waals surface area contributed by atoms with Crippen molar-refractivity contribution in [2.45, 2.75) is 23.5 Å². The van der Waals surface area contributed by atoms with E-state index < -0.39 is 32.9 Å². The Kier molecular flexibility index (Phi) is 3.52. The highest BCUT2D eigenvalue weighted by molar-refractivity contribution is 7.89. The standard InChI is InChI=1S/C15H14FNO3S/c16-12-7-3-4-8-14(12)21(19,20)17-15-11-6-2-1-5-10(11)9-13(15)18/h1-8,13,15,17-18H,9H2/t13-,15+/m0/s1. The molecule has 0 aliphatic heterocycles. The van der Waals surface area contributed by atoms with Crippen LogP contribution >= 0.6 is 0 Å². The van der Waals surface area contributed by atoms with Gasteiger partial charge in [-0.05, 0) is 23.3 Å². The molecule has 0 bridgehead atoms. The molecule has 2 N–H and O–H groups in total. The van der Waals surface area contributed by atoms with Crippen LogP contribution in [0.2, 0.25) is 0 Å². The summed E-state index contributed by atoms with van der Waals surface area (Å²) in [4.78, 5) is -0.415. The molecule has 21 heavy (non-hydrogen) atoms. The second kappa shape index (κ2) is 5.22. The lowest BCUT2D eigenvalue weighted by molar-refractivity contribution is 0.151. The van der Waals surface area contributed by atoms with Gasteiger partial charge in [-0.15, -0.1) is 0 Å². The highest BCUT2D eigenvalue weighted by atomic mass is 32.2. The van der Waals surface area contributed by atoms with Crippen LogP contribution < -0.4 is 4.72 Å². The number of sulfonamides is 1. The van der Waals surface area contributed by atoms with Crippen LogP contribution in [-0.2, 0) is 16.4 Å². The van der Waals surface area contributed by atoms with Crippen LogP contribution in [0.3, 0.4) is 0 Å². The average molecular weight is 307 g/mol. The molecule has 0 unspecified atom stereocenters. The first-order valence-corrected chi connectivity index (χ1v) is 8.00. The molecule has 1 aliphatic carbocycles. The van der Waals surface area contributed by atoms with Crippen molar-refractivity contribution in [3.8, 4) is 0 Å². The maximum atomic E-state index is 13.7. The van der Waals surface area contributed by atoms with Gasteiger partial charge < -0.3 is 5.11 Å². The maximum Gasteiger partial charge on any atom is 0.244 e. The monoisotopic (exact) mass is 307 g/mol. The molecule has 2 aromatic rings. The summed E-state index contributed by atoms with van der Waals surface area (Å²) >= 11 is 0. The van der Waals surface area contributed by atoms with E-state index in [1.165, 1.54) is 18.2 Å². The summed E-state index contributed by atoms with van der Waals surface area (Å²) in [7, 11) is -4.04. The Morgan fingerprint density at radius 3 is 2.52 bits per heavy atom. The Balaban J connectivity index is 1.95. The molecule has 110 valence electrons. The Bertz CT molecular complexity index is 776. The van der Waals surface area contributed by atoms with Crippen LogP contribution in [0.25, 0.3) is 0 Å². The molecule has 0 spiro atoms. The second-order valence-corrected chi connectivity index (χ2v) is 6.68. The number of fused-ring (bicyclic) bond motifs is 1. The van der Waals surface area contributed by atoms with Crippen molar-refractivity contribution >= 4 is 10.0 Å². The second-order valence-electron chi connectivity index (χ2n) is 5.00. The number of aliphatic hydroxyl groups excluding tert-OH is 1. The van der Waals surface area contributed by atoms with Crippen LogP contribution in [-0.4, -0.2) is 19.6 Å². The van der Waals surface area contributed by atoms with E-state index in [2.05, 4.69) is 4.72 Å². The van der Waals surface area contributed by atoms with E-state index in [1.54, 1.807) is 12.1 Å². The molecule has 0 amide bonds. The molecule has 6 heteroatoms. The fraction of sp³-hybridized carbons (Fsp3) is 0.200. The Morgan fingerprint density at radius 2 is 1.76 bits per heavy atom. The van der Waals surface area contributed by atoms with Crippen LogP contribution in [0.4, 0.5) is 4.39 Å². The van der Waals surface area contributed by atoms with E-state index in [4.69, 9.17) is 0 Å². The summed E-state index contributed by atoms with van der Waals surface area (Å²) in [5.41, 5.74) is 1.62. The summed E-state index contributed by atoms with van der Waals surface area (Å²) in [6, 6.07) is 11.6. The SMILES string of the molecule is O=S(=O)(N[C@@H]1c2ccccc2C[C@@H]1O)c1ccccc1F. The molecule has 0 aromatic heterocycles. The highest BCUT2D eigenvalue weighted by Crippen LogP contribution is 2.32. The molecule has 0 saturated heterocycles. The number of benzene rings is 2. The molecule has 4 nitrogen and oxygen atoms in total. The van der Waals surface area contributed by atoms with Crippen molar-refractivity contribution in [3.05, 3.63) is 65.5 Å². The molecule has 0 heterocycles. The number of rotatable bonds is 3. The first-order chi connectivity index (χ1) is 9.99. The van der Waals surface area contributed by atoms with Gasteiger partial charge in [0.1, 0.15) is 10.7 Å². The summed E-state index contributed by atoms with van der Waals surface area (Å²) < 4.78 is 40.7. The largest absolute Gasteiger partial charge is 0.391 e. The smallest absolute Gasteiger partial charge is 0.244 e. The minimum Gasteiger partial charge on any atom is -0.391 e. The van der Waals surface area contributed by atoms with E-state index in [9.17, 15) is 17.9 Å². The van der Waals surface area contributed by atoms with Gasteiger partial charge in [-0.3, -0.25) is 0 Å². The third-order valence-corrected chi connectivity index (χ3v) is 5.09. The lowest BCUT2D eigenvalue weighted by Gasteiger charge is -2.18. The van der Waals surface area contributed by atoms with Gasteiger partial charge in [0, 0.05) is 6.42 Å². The van der Waals surface area contributed by atoms with Crippen LogP contribution in [0.15, 0.2) is 53.4 Å². The first-order valence-electron chi connectivity index (χ1n) is 6.52. The highest BCUT2D eigenvalue weighted by Gasteiger charge is 2.34. The summed E-state index contributed by atoms with van der Waals surface area (Å²) in [5.74, 6) is -0.814. The number of aliphatic hydroxyl groups is 1. The molecule has 0 fully saturated rings. The number of halogens is 1. The lowest BCUT2D eigenvalue weighted by atomic mass is 10.1. The van der Waals surface area contributed by atoms with Crippen molar-refractivity contribution in [2.75, 3.05) is 0 Å². The Morgan fingerprint density at radius 1 is 1.10 bits per heavy atom. The summed E-state index contributed by atoms with van der Waals surface area (Å²) in [5, 5.41) is 10.1. The number of hydrogen-bond acceptors (Lipinski definition) is 3. The predicted molar refractivity (Wildman–Crippen MR) is 75.6 cm³/mol. The van der Waals surface area contributed by atoms with Gasteiger partial charge in [0.05, 0.1) is 12.1 Å². The van der Waals surface area contributed by atoms with Gasteiger partial charge in [-0.2, -0.15) is 0 Å². The molecular formula is C15H14FNO3S. The van der Waals surface area contributed by atoms with Gasteiger partial charge in [0.15, 0.2) is 0 Å². The third kappa shape index (κ3) is 2.57. The van der Waals surface area contributed by atoms with Crippen molar-refractivity contribution < 1.29 is 17.9 Å². The van der Waals surface area contributed by atoms with Crippen LogP contribution in [0.5, 0.6) is 0 Å². The molecule has 2 atom stereocenters. The first kappa shape index (κ1) is 14.2. The van der Waals surface area contributed by atoms with Crippen molar-refractivity contribution in [1.29, 1.82) is 0 Å². The van der Waals surface area contributed by atoms with E-state index in [0.29, 0.717) is 6.42 Å². The fourth-order valence-corrected chi connectivity index (χ4v) is 3.94. The van der Waals surface area contributed by atoms with Gasteiger partial charge in [0.2, 0.25) is 10.0 Å². The van der Waals surface area contributed by atoms with Crippen LogP contribution in [0, 0.1) is 5.82 Å². The zero-order valence-electron chi connectivity index (χ0n) is 11.0. The van der Waals surface area contributed by atoms with E-state index in [0.717, 1.165) is 17.2 Å². The van der Waals surface area contributed by atoms with E-state index in [1.807, 2.05) is 12.1 Å². The molecule has 1 aliphatic rings. The molecule has 3 rings (SSSR count). The van der Waals surface area contributed by atoms with Gasteiger partial charge in [-0.25, -0.2) is 17.5 Å². The topological polar surface area (TPSA) is 66.4 Å². The van der Waals surface area contributed by atoms with Crippen molar-refractivity contribution in [1.82, 2.24) is 4.72 Å². The quantitative estimate of drug-likeness (QED) is 0.908. The lowest BCUT2D eigenvalue weighted by Crippen LogP contribution is -2.34. The molecule has 2 aromatic carbocycles. The average Bonchev–Trinajstić information content (AvgIpc) is 2.75. The molecule has 0 radical (unpaired) electrons. The third-order valence-electron chi connectivity index (χ3n) is 3.61. The normalized spacial score (nSPS) is 21.2. The number of nitrogens with one attached hydrogen (secondary N) is 1. The Labute approximate surface area is 122 Å². The number of hydrogen-bond donors (Lipinski definition) is 2. The zero-order valence-corrected chi connectivity index (χ0v) is 11.8. The van der Waals surface area contributed by atoms with E-state index in [-0.39, 0.29) is 0 Å². The van der Waals surface area contributed by atoms with Gasteiger partial charge >= 0.3 is 0 Å². The van der Waals surface area contributed by atoms with Crippen LogP contribution in [0.1, 0.15) is 17.2 Å². The summed E-state index contributed by atoms with van der Waals surface area (Å²) in [6.45, 7) is 0. The van der Waals surface area contributed by atoms with Crippen molar-refractivity contribution in [3.63, 3.8) is 0 Å². The predicted octanol–water partition coefficient (Wildman–Crippen LogP) is 1.76. The molecular weight excluding hydrogens is 293 g/mol. The van der Waals surface area contributed by atoms with E-state index >= 15 is 0 Å². The molecule has 0 saturated carbocycles. The minimum atomic E-state index is -4.04.